The van der Waals surface area contributed by atoms with Crippen molar-refractivity contribution in [3.8, 4) is 0 Å². The lowest BCUT2D eigenvalue weighted by atomic mass is 9.95. The van der Waals surface area contributed by atoms with E-state index in [1.165, 1.54) is 25.2 Å². The van der Waals surface area contributed by atoms with Crippen molar-refractivity contribution in [3.05, 3.63) is 138 Å². The summed E-state index contributed by atoms with van der Waals surface area (Å²) in [6.07, 6.45) is 3.40. The molecule has 3 heteroatoms. The SMILES string of the molecule is C[C@H](/C(=C/Cc1ccccc1)Sc1ccccc1)[C@H](Sc1ccccc1)C(C)(C)Sc1ccccc1. The average Bonchev–Trinajstić information content (AvgIpc) is 2.91. The Morgan fingerprint density at radius 2 is 1.14 bits per heavy atom. The van der Waals surface area contributed by atoms with Gasteiger partial charge in [-0.25, -0.2) is 0 Å². The fourth-order valence-electron chi connectivity index (χ4n) is 4.27. The van der Waals surface area contributed by atoms with E-state index in [1.54, 1.807) is 0 Å². The predicted octanol–water partition coefficient (Wildman–Crippen LogP) is 10.3. The van der Waals surface area contributed by atoms with Crippen molar-refractivity contribution >= 4 is 35.3 Å². The van der Waals surface area contributed by atoms with Crippen LogP contribution in [0.15, 0.2) is 147 Å². The molecule has 0 fully saturated rings. The van der Waals surface area contributed by atoms with Gasteiger partial charge in [0.1, 0.15) is 0 Å². The normalized spacial score (nSPS) is 13.8. The molecule has 0 saturated heterocycles. The highest BCUT2D eigenvalue weighted by Crippen LogP contribution is 2.49. The van der Waals surface area contributed by atoms with Gasteiger partial charge in [0.05, 0.1) is 0 Å². The summed E-state index contributed by atoms with van der Waals surface area (Å²) in [5, 5.41) is 0.364. The first-order valence-electron chi connectivity index (χ1n) is 12.4. The van der Waals surface area contributed by atoms with Crippen molar-refractivity contribution < 1.29 is 0 Å². The summed E-state index contributed by atoms with van der Waals surface area (Å²) in [6, 6.07) is 43.3. The molecule has 0 unspecified atom stereocenters. The van der Waals surface area contributed by atoms with Crippen molar-refractivity contribution in [3.63, 3.8) is 0 Å². The largest absolute Gasteiger partial charge is 0.121 e. The Kier molecular flexibility index (Phi) is 9.86. The van der Waals surface area contributed by atoms with E-state index in [-0.39, 0.29) is 4.75 Å². The van der Waals surface area contributed by atoms with Gasteiger partial charge in [0.25, 0.3) is 0 Å². The third-order valence-corrected chi connectivity index (χ3v) is 10.6. The molecule has 0 aliphatic rings. The van der Waals surface area contributed by atoms with E-state index in [0.29, 0.717) is 11.2 Å². The Hall–Kier alpha value is -2.33. The van der Waals surface area contributed by atoms with E-state index < -0.39 is 0 Å². The molecule has 0 heterocycles. The van der Waals surface area contributed by atoms with Gasteiger partial charge >= 0.3 is 0 Å². The molecule has 0 aromatic heterocycles. The lowest BCUT2D eigenvalue weighted by Crippen LogP contribution is -2.36. The zero-order valence-electron chi connectivity index (χ0n) is 21.2. The lowest BCUT2D eigenvalue weighted by molar-refractivity contribution is 0.554. The molecular weight excluding hydrogens is 493 g/mol. The molecule has 0 nitrogen and oxygen atoms in total. The zero-order chi connectivity index (χ0) is 25.2. The standard InChI is InChI=1S/C33H34S3/c1-26(31(34-28-18-10-5-11-19-28)25-24-27-16-8-4-9-17-27)32(35-29-20-12-6-13-21-29)33(2,3)36-30-22-14-7-15-23-30/h4-23,25-26,32H,24H2,1-3H3/b31-25-/t26-,32+/m1/s1. The quantitative estimate of drug-likeness (QED) is 0.178. The number of hydrogen-bond donors (Lipinski definition) is 0. The minimum atomic E-state index is 0.00433. The molecule has 0 aliphatic carbocycles. The summed E-state index contributed by atoms with van der Waals surface area (Å²) in [7, 11) is 0. The smallest absolute Gasteiger partial charge is 0.0311 e. The first-order valence-corrected chi connectivity index (χ1v) is 15.0. The van der Waals surface area contributed by atoms with Crippen LogP contribution in [0.5, 0.6) is 0 Å². The Morgan fingerprint density at radius 1 is 0.667 bits per heavy atom. The molecule has 4 rings (SSSR count). The Morgan fingerprint density at radius 3 is 1.69 bits per heavy atom. The molecule has 2 atom stereocenters. The summed E-state index contributed by atoms with van der Waals surface area (Å²) in [4.78, 5) is 5.36. The van der Waals surface area contributed by atoms with E-state index in [1.807, 2.05) is 35.3 Å². The Labute approximate surface area is 230 Å². The number of allylic oxidation sites excluding steroid dienone is 2. The molecule has 184 valence electrons. The van der Waals surface area contributed by atoms with Gasteiger partial charge in [-0.2, -0.15) is 0 Å². The summed E-state index contributed by atoms with van der Waals surface area (Å²) in [5.74, 6) is 0.357. The van der Waals surface area contributed by atoms with Crippen molar-refractivity contribution in [2.45, 2.75) is 51.9 Å². The maximum Gasteiger partial charge on any atom is 0.0311 e. The first-order chi connectivity index (χ1) is 17.5. The summed E-state index contributed by atoms with van der Waals surface area (Å²) in [5.41, 5.74) is 1.35. The van der Waals surface area contributed by atoms with Crippen LogP contribution < -0.4 is 0 Å². The fraction of sp³-hybridized carbons (Fsp3) is 0.212. The molecule has 0 aliphatic heterocycles. The van der Waals surface area contributed by atoms with Crippen molar-refractivity contribution in [1.82, 2.24) is 0 Å². The topological polar surface area (TPSA) is 0 Å². The number of rotatable bonds is 11. The van der Waals surface area contributed by atoms with Crippen LogP contribution in [0, 0.1) is 5.92 Å². The molecule has 0 radical (unpaired) electrons. The third kappa shape index (κ3) is 7.83. The van der Waals surface area contributed by atoms with E-state index in [2.05, 4.69) is 148 Å². The molecule has 0 saturated carbocycles. The van der Waals surface area contributed by atoms with Crippen LogP contribution in [-0.2, 0) is 6.42 Å². The van der Waals surface area contributed by atoms with Gasteiger partial charge in [0.15, 0.2) is 0 Å². The monoisotopic (exact) mass is 526 g/mol. The van der Waals surface area contributed by atoms with Crippen molar-refractivity contribution in [2.24, 2.45) is 5.92 Å². The van der Waals surface area contributed by atoms with Crippen LogP contribution in [-0.4, -0.2) is 10.00 Å². The molecule has 0 spiro atoms. The Balaban J connectivity index is 1.68. The van der Waals surface area contributed by atoms with Crippen molar-refractivity contribution in [2.75, 3.05) is 0 Å². The van der Waals surface area contributed by atoms with Gasteiger partial charge in [0, 0.05) is 30.6 Å². The van der Waals surface area contributed by atoms with Crippen LogP contribution >= 0.6 is 35.3 Å². The number of thioether (sulfide) groups is 3. The second-order valence-electron chi connectivity index (χ2n) is 9.37. The maximum absolute atomic E-state index is 2.46. The highest BCUT2D eigenvalue weighted by atomic mass is 32.2. The zero-order valence-corrected chi connectivity index (χ0v) is 23.7. The average molecular weight is 527 g/mol. The predicted molar refractivity (Wildman–Crippen MR) is 162 cm³/mol. The van der Waals surface area contributed by atoms with Gasteiger partial charge in [-0.15, -0.1) is 23.5 Å². The minimum Gasteiger partial charge on any atom is -0.121 e. The van der Waals surface area contributed by atoms with Crippen molar-refractivity contribution in [1.29, 1.82) is 0 Å². The summed E-state index contributed by atoms with van der Waals surface area (Å²) < 4.78 is 0.00433. The van der Waals surface area contributed by atoms with Gasteiger partial charge in [-0.3, -0.25) is 0 Å². The molecule has 0 amide bonds. The van der Waals surface area contributed by atoms with Gasteiger partial charge in [0.2, 0.25) is 0 Å². The van der Waals surface area contributed by atoms with Crippen LogP contribution in [0.4, 0.5) is 0 Å². The van der Waals surface area contributed by atoms with E-state index in [9.17, 15) is 0 Å². The second kappa shape index (κ2) is 13.3. The molecule has 4 aromatic rings. The molecule has 0 bridgehead atoms. The number of benzene rings is 4. The van der Waals surface area contributed by atoms with Crippen LogP contribution in [0.3, 0.4) is 0 Å². The Bertz CT molecular complexity index is 1200. The van der Waals surface area contributed by atoms with E-state index in [0.717, 1.165) is 6.42 Å². The molecule has 0 N–H and O–H groups in total. The number of hydrogen-bond acceptors (Lipinski definition) is 3. The van der Waals surface area contributed by atoms with E-state index >= 15 is 0 Å². The highest BCUT2D eigenvalue weighted by molar-refractivity contribution is 8.05. The molecule has 4 aromatic carbocycles. The lowest BCUT2D eigenvalue weighted by Gasteiger charge is -2.38. The summed E-state index contributed by atoms with van der Waals surface area (Å²) >= 11 is 5.91. The fourth-order valence-corrected chi connectivity index (χ4v) is 8.16. The van der Waals surface area contributed by atoms with Crippen LogP contribution in [0.25, 0.3) is 0 Å². The van der Waals surface area contributed by atoms with Gasteiger partial charge in [-0.05, 0) is 67.1 Å². The molecular formula is C33H34S3. The van der Waals surface area contributed by atoms with Gasteiger partial charge < -0.3 is 0 Å². The second-order valence-corrected chi connectivity index (χ2v) is 13.5. The maximum atomic E-state index is 2.46. The van der Waals surface area contributed by atoms with Crippen LogP contribution in [0.2, 0.25) is 0 Å². The first kappa shape index (κ1) is 26.7. The highest BCUT2D eigenvalue weighted by Gasteiger charge is 2.37. The van der Waals surface area contributed by atoms with Gasteiger partial charge in [-0.1, -0.05) is 110 Å². The minimum absolute atomic E-state index is 0.00433. The molecule has 36 heavy (non-hydrogen) atoms. The van der Waals surface area contributed by atoms with Crippen LogP contribution in [0.1, 0.15) is 26.3 Å². The summed E-state index contributed by atoms with van der Waals surface area (Å²) in [6.45, 7) is 7.23. The van der Waals surface area contributed by atoms with E-state index in [4.69, 9.17) is 0 Å². The third-order valence-electron chi connectivity index (χ3n) is 6.08.